The summed E-state index contributed by atoms with van der Waals surface area (Å²) in [4.78, 5) is 66.5. The van der Waals surface area contributed by atoms with Crippen LogP contribution < -0.4 is 21.3 Å². The van der Waals surface area contributed by atoms with Gasteiger partial charge in [0.05, 0.1) is 83.8 Å². The largest absolute Gasteiger partial charge is 0.477 e. The molecule has 0 aromatic carbocycles. The molecule has 61 nitrogen and oxygen atoms in total. The van der Waals surface area contributed by atoms with Crippen LogP contribution in [-0.4, -0.2) is 590 Å². The Bertz CT molecular complexity index is 3850. The molecule has 11 aliphatic heterocycles. The summed E-state index contributed by atoms with van der Waals surface area (Å²) in [6, 6.07) is -8.11. The Labute approximate surface area is 780 Å². The number of carboxylic acids is 1. The van der Waals surface area contributed by atoms with E-state index in [9.17, 15) is 182 Å². The average Bonchev–Trinajstić information content (AvgIpc) is 0.751. The molecule has 0 radical (unpaired) electrons. The summed E-state index contributed by atoms with van der Waals surface area (Å²) in [6.07, 6.45) is -112. The van der Waals surface area contributed by atoms with Gasteiger partial charge in [-0.05, 0) is 13.8 Å². The fraction of sp³-hybridized carbons (Fsp3) is 0.935. The molecule has 56 atom stereocenters. The van der Waals surface area contributed by atoms with Gasteiger partial charge in [-0.2, -0.15) is 0 Å². The average molecular weight is 2020 g/mol. The third-order valence-electron chi connectivity index (χ3n) is 25.5. The van der Waals surface area contributed by atoms with E-state index >= 15 is 0 Å². The molecule has 138 heavy (non-hydrogen) atoms. The predicted molar refractivity (Wildman–Crippen MR) is 423 cm³/mol. The van der Waals surface area contributed by atoms with Crippen molar-refractivity contribution in [1.29, 1.82) is 0 Å². The van der Waals surface area contributed by atoms with Crippen LogP contribution >= 0.6 is 0 Å². The number of carboxylic acid groups (broad SMARTS) is 1. The molecule has 35 N–H and O–H groups in total. The lowest BCUT2D eigenvalue weighted by atomic mass is 9.88. The van der Waals surface area contributed by atoms with E-state index in [4.69, 9.17) is 99.5 Å². The lowest BCUT2D eigenvalue weighted by molar-refractivity contribution is -0.400. The van der Waals surface area contributed by atoms with Crippen LogP contribution in [0.5, 0.6) is 0 Å². The highest BCUT2D eigenvalue weighted by Crippen LogP contribution is 2.44. The van der Waals surface area contributed by atoms with Gasteiger partial charge in [0, 0.05) is 34.1 Å². The van der Waals surface area contributed by atoms with Gasteiger partial charge in [0.25, 0.3) is 5.79 Å². The smallest absolute Gasteiger partial charge is 0.364 e. The van der Waals surface area contributed by atoms with Gasteiger partial charge in [-0.25, -0.2) is 4.79 Å². The van der Waals surface area contributed by atoms with Crippen LogP contribution in [0.1, 0.15) is 48.0 Å². The van der Waals surface area contributed by atoms with Crippen LogP contribution in [0.3, 0.4) is 0 Å². The molecule has 798 valence electrons. The Morgan fingerprint density at radius 3 is 1.05 bits per heavy atom. The fourth-order valence-corrected chi connectivity index (χ4v) is 18.0. The van der Waals surface area contributed by atoms with Gasteiger partial charge in [-0.1, -0.05) is 0 Å². The SMILES string of the molecule is CC(=O)N[C@H]1[C@H](OC[C@H]2O[C@@H](O[C@H]3[C@H](O)[C@@H](O)C(O)O[C@@H]3CO)[C@H](O)[C@@H](O[C@@H]3O[C@H](CO)[C@@H](O[C@@H]4O[C@@H](C)[C@@H](O)[C@@H](O)[C@@H]4O)[C@H](O[C@@H]4O[C@H](CO)[C@H](O)[C@H](O[C@]5(C(=O)O)C[C@H](O)[C@@H](NC(C)=O)[C@H]([C@H](O)[C@H](O)CO)O5)[C@H]4O)[C@H]3NC(C)=O)[C@H]2O)O[C@H](CO)[C@@H](O[C@@H]2O[C@H](CO)[C@H](O)[C@H](O[C@@H]3O[C@H](CO)[C@@H](O[C@@H]4O[C@@H](C)[C@@H](O)[C@@H](O)[C@@H]4O)[C@H](O[C@@H]4O[C@H](CO)[C@H](O)[C@H](O)[C@H]4O)[C@H]3NC(C)=O)[C@H]2O)[C@@H]1O. The van der Waals surface area contributed by atoms with Crippen molar-refractivity contribution in [1.82, 2.24) is 21.3 Å². The zero-order valence-electron chi connectivity index (χ0n) is 74.3. The van der Waals surface area contributed by atoms with Gasteiger partial charge in [-0.15, -0.1) is 0 Å². The van der Waals surface area contributed by atoms with Gasteiger partial charge in [-0.3, -0.25) is 19.2 Å². The van der Waals surface area contributed by atoms with Crippen molar-refractivity contribution in [3.05, 3.63) is 0 Å². The van der Waals surface area contributed by atoms with Crippen molar-refractivity contribution < 1.29 is 282 Å². The van der Waals surface area contributed by atoms with Gasteiger partial charge in [0.2, 0.25) is 23.6 Å². The monoisotopic (exact) mass is 2020 g/mol. The molecule has 61 heteroatoms. The Kier molecular flexibility index (Phi) is 40.1. The minimum atomic E-state index is -3.42. The Morgan fingerprint density at radius 2 is 0.630 bits per heavy atom. The highest BCUT2D eigenvalue weighted by atomic mass is 16.8. The third kappa shape index (κ3) is 24.6. The number of hydrogen-bond donors (Lipinski definition) is 35. The molecule has 0 aromatic rings. The molecule has 0 saturated carbocycles. The Morgan fingerprint density at radius 1 is 0.312 bits per heavy atom. The number of nitrogens with one attached hydrogen (secondary N) is 4. The van der Waals surface area contributed by atoms with Crippen molar-refractivity contribution in [2.24, 2.45) is 0 Å². The van der Waals surface area contributed by atoms with E-state index in [1.807, 2.05) is 0 Å². The van der Waals surface area contributed by atoms with Gasteiger partial charge in [0.15, 0.2) is 62.9 Å². The quantitative estimate of drug-likeness (QED) is 0.0277. The summed E-state index contributed by atoms with van der Waals surface area (Å²) < 4.78 is 126. The molecule has 0 aliphatic carbocycles. The van der Waals surface area contributed by atoms with E-state index in [1.165, 1.54) is 13.8 Å². The first-order valence-electron chi connectivity index (χ1n) is 44.0. The molecule has 0 aromatic heterocycles. The number of aliphatic carboxylic acids is 1. The van der Waals surface area contributed by atoms with Crippen LogP contribution in [0.25, 0.3) is 0 Å². The standard InChI is InChI=1S/C77H128N4O57/c1-17-37(96)45(104)50(109)70(119-17)131-58-30(14-88)126-68(35(80-21(5)92)61(58)133-72-52(111)47(106)40(99)25(9-83)122-72)135-63-41(100)26(10-84)123-73(53(63)112)129-56-29(13-87)125-67(34(44(56)103)79-20(4)91)118-16-32-43(102)64(54(113)74(128-32)130-57-28(12-86)121-66(115)49(108)48(57)107)136-69-36(81-22(6)93)62(59(31(15-89)127-69)132-71-51(110)46(105)38(97)18(2)120-71)134-75-55(114)65(42(101)27(11-85)124-75)138-77(76(116)117)7-23(94)33(78-19(3)90)60(137-77)39(98)24(95)8-82/h17-18,23-75,82-89,94-115H,7-16H2,1-6H3,(H,78,90)(H,79,91)(H,80,92)(H,81,93)(H,116,117)/t17-,18-,23-,24+,25+,26+,27+,28+,29+,30+,31+,32+,33+,34+,35+,36+,37+,38+,39+,40-,41-,42-,43-,44+,45+,46+,47-,48+,49+,50-,51-,52+,53+,54+,55+,56+,57+,58+,59+,60+,61+,62+,63-,64-,65-,66?,67+,68-,69-,70-,71-,72-,73-,74-,75-,77-/m0/s1. The minimum absolute atomic E-state index is 0.830. The number of carbonyl (C=O) groups is 5. The second-order valence-electron chi connectivity index (χ2n) is 35.2. The second-order valence-corrected chi connectivity index (χ2v) is 35.2. The number of ether oxygens (including phenoxy) is 21. The molecule has 11 heterocycles. The zero-order valence-corrected chi connectivity index (χ0v) is 74.3. The maximum absolute atomic E-state index is 13.8. The van der Waals surface area contributed by atoms with Gasteiger partial charge >= 0.3 is 5.97 Å². The summed E-state index contributed by atoms with van der Waals surface area (Å²) in [5, 5.41) is 357. The van der Waals surface area contributed by atoms with E-state index in [1.54, 1.807) is 0 Å². The fourth-order valence-electron chi connectivity index (χ4n) is 18.0. The minimum Gasteiger partial charge on any atom is -0.477 e. The first kappa shape index (κ1) is 114. The molecule has 0 bridgehead atoms. The first-order valence-corrected chi connectivity index (χ1v) is 44.0. The summed E-state index contributed by atoms with van der Waals surface area (Å²) >= 11 is 0. The molecular formula is C77H128N4O57. The van der Waals surface area contributed by atoms with Crippen LogP contribution in [0, 0.1) is 0 Å². The van der Waals surface area contributed by atoms with Gasteiger partial charge < -0.3 is 279 Å². The number of carbonyl (C=O) groups excluding carboxylic acids is 4. The van der Waals surface area contributed by atoms with Crippen molar-refractivity contribution in [2.75, 3.05) is 59.5 Å². The highest BCUT2D eigenvalue weighted by Gasteiger charge is 2.65. The first-order chi connectivity index (χ1) is 65.1. The van der Waals surface area contributed by atoms with Crippen molar-refractivity contribution >= 4 is 29.6 Å². The maximum atomic E-state index is 13.8. The Hall–Kier alpha value is -4.69. The lowest BCUT2D eigenvalue weighted by Gasteiger charge is -2.52. The second kappa shape index (κ2) is 48.8. The van der Waals surface area contributed by atoms with E-state index in [2.05, 4.69) is 21.3 Å². The number of hydrogen-bond acceptors (Lipinski definition) is 56. The number of amides is 4. The zero-order chi connectivity index (χ0) is 102. The van der Waals surface area contributed by atoms with E-state index < -0.39 is 439 Å². The van der Waals surface area contributed by atoms with Gasteiger partial charge in [0.1, 0.15) is 250 Å². The summed E-state index contributed by atoms with van der Waals surface area (Å²) in [7, 11) is 0. The van der Waals surface area contributed by atoms with E-state index in [0.29, 0.717) is 0 Å². The normalized spacial score (nSPS) is 49.1. The number of rotatable bonds is 36. The van der Waals surface area contributed by atoms with Crippen molar-refractivity contribution in [3.8, 4) is 0 Å². The van der Waals surface area contributed by atoms with Crippen LogP contribution in [0.4, 0.5) is 0 Å². The van der Waals surface area contributed by atoms with Crippen LogP contribution in [0.15, 0.2) is 0 Å². The summed E-state index contributed by atoms with van der Waals surface area (Å²) in [5.74, 6) is -9.72. The molecule has 11 fully saturated rings. The van der Waals surface area contributed by atoms with E-state index in [-0.39, 0.29) is 0 Å². The molecule has 1 unspecified atom stereocenters. The summed E-state index contributed by atoms with van der Waals surface area (Å²) in [6.45, 7) is -5.01. The maximum Gasteiger partial charge on any atom is 0.364 e. The third-order valence-corrected chi connectivity index (χ3v) is 25.5. The van der Waals surface area contributed by atoms with Crippen LogP contribution in [0.2, 0.25) is 0 Å². The predicted octanol–water partition coefficient (Wildman–Crippen LogP) is -23.1. The number of aliphatic hydroxyl groups excluding tert-OH is 30. The molecule has 11 saturated heterocycles. The van der Waals surface area contributed by atoms with Crippen molar-refractivity contribution in [3.63, 3.8) is 0 Å². The molecular weight excluding hydrogens is 1890 g/mol. The lowest BCUT2D eigenvalue weighted by Crippen LogP contribution is -2.72. The topological polar surface area (TPSA) is 954 Å². The van der Waals surface area contributed by atoms with Crippen LogP contribution in [-0.2, 0) is 123 Å². The number of aliphatic hydroxyl groups is 30. The molecule has 11 aliphatic rings. The highest BCUT2D eigenvalue weighted by molar-refractivity contribution is 5.77. The Balaban J connectivity index is 0.900. The summed E-state index contributed by atoms with van der Waals surface area (Å²) in [5.41, 5.74) is 0. The van der Waals surface area contributed by atoms with E-state index in [0.717, 1.165) is 27.7 Å². The molecule has 0 spiro atoms. The molecule has 4 amide bonds. The molecule has 11 rings (SSSR count). The van der Waals surface area contributed by atoms with Crippen molar-refractivity contribution in [2.45, 2.75) is 391 Å².